The second-order valence-electron chi connectivity index (χ2n) is 6.72. The van der Waals surface area contributed by atoms with Crippen molar-refractivity contribution in [3.8, 4) is 0 Å². The van der Waals surface area contributed by atoms with E-state index in [-0.39, 0.29) is 5.97 Å². The number of esters is 1. The van der Waals surface area contributed by atoms with Crippen LogP contribution in [0.5, 0.6) is 0 Å². The zero-order chi connectivity index (χ0) is 18.4. The molecule has 0 aliphatic carbocycles. The minimum atomic E-state index is -0.318. The predicted molar refractivity (Wildman–Crippen MR) is 103 cm³/mol. The summed E-state index contributed by atoms with van der Waals surface area (Å²) in [5, 5.41) is 6.70. The number of hydrogen-bond donors (Lipinski definition) is 1. The molecule has 2 aromatic rings. The van der Waals surface area contributed by atoms with Gasteiger partial charge in [0.15, 0.2) is 0 Å². The summed E-state index contributed by atoms with van der Waals surface area (Å²) in [5.74, 6) is -0.318. The molecule has 5 heteroatoms. The van der Waals surface area contributed by atoms with E-state index in [0.29, 0.717) is 5.56 Å². The molecule has 1 aliphatic rings. The fourth-order valence-electron chi connectivity index (χ4n) is 3.07. The molecular formula is C21H26N3O2+. The Bertz CT molecular complexity index is 746. The van der Waals surface area contributed by atoms with Gasteiger partial charge in [0.05, 0.1) is 45.1 Å². The second-order valence-corrected chi connectivity index (χ2v) is 6.72. The molecule has 0 saturated carbocycles. The molecule has 0 aromatic heterocycles. The van der Waals surface area contributed by atoms with Crippen molar-refractivity contribution in [1.82, 2.24) is 5.01 Å². The van der Waals surface area contributed by atoms with Crippen LogP contribution in [0.15, 0.2) is 53.6 Å². The van der Waals surface area contributed by atoms with E-state index in [1.807, 2.05) is 18.3 Å². The number of ether oxygens (including phenoxy) is 1. The molecular weight excluding hydrogens is 326 g/mol. The first-order valence-electron chi connectivity index (χ1n) is 9.00. The summed E-state index contributed by atoms with van der Waals surface area (Å²) >= 11 is 0. The van der Waals surface area contributed by atoms with Crippen molar-refractivity contribution in [3.63, 3.8) is 0 Å². The van der Waals surface area contributed by atoms with Gasteiger partial charge in [-0.25, -0.2) is 4.79 Å². The van der Waals surface area contributed by atoms with Crippen molar-refractivity contribution in [3.05, 3.63) is 70.8 Å². The van der Waals surface area contributed by atoms with Crippen LogP contribution in [0.2, 0.25) is 0 Å². The highest BCUT2D eigenvalue weighted by atomic mass is 16.5. The summed E-state index contributed by atoms with van der Waals surface area (Å²) in [6.07, 6.45) is 1.85. The van der Waals surface area contributed by atoms with Gasteiger partial charge in [0.25, 0.3) is 0 Å². The van der Waals surface area contributed by atoms with Crippen LogP contribution in [0.3, 0.4) is 0 Å². The minimum Gasteiger partial charge on any atom is -0.465 e. The molecule has 1 N–H and O–H groups in total. The lowest BCUT2D eigenvalue weighted by Crippen LogP contribution is -3.13. The largest absolute Gasteiger partial charge is 0.465 e. The predicted octanol–water partition coefficient (Wildman–Crippen LogP) is 1.52. The van der Waals surface area contributed by atoms with Crippen LogP contribution >= 0.6 is 0 Å². The van der Waals surface area contributed by atoms with E-state index in [1.54, 1.807) is 17.0 Å². The normalized spacial score (nSPS) is 15.4. The minimum absolute atomic E-state index is 0.318. The molecule has 0 bridgehead atoms. The van der Waals surface area contributed by atoms with Gasteiger partial charge in [0, 0.05) is 5.56 Å². The molecule has 26 heavy (non-hydrogen) atoms. The summed E-state index contributed by atoms with van der Waals surface area (Å²) in [6, 6.07) is 16.1. The Balaban J connectivity index is 1.48. The maximum Gasteiger partial charge on any atom is 0.337 e. The summed E-state index contributed by atoms with van der Waals surface area (Å²) in [7, 11) is 1.39. The van der Waals surface area contributed by atoms with E-state index in [0.717, 1.165) is 38.3 Å². The first-order chi connectivity index (χ1) is 12.6. The molecule has 0 unspecified atom stereocenters. The maximum absolute atomic E-state index is 11.4. The summed E-state index contributed by atoms with van der Waals surface area (Å²) in [5.41, 5.74) is 4.24. The van der Waals surface area contributed by atoms with Crippen molar-refractivity contribution in [2.75, 3.05) is 33.3 Å². The summed E-state index contributed by atoms with van der Waals surface area (Å²) in [6.45, 7) is 7.29. The zero-order valence-electron chi connectivity index (χ0n) is 15.4. The lowest BCUT2D eigenvalue weighted by Gasteiger charge is -2.30. The quantitative estimate of drug-likeness (QED) is 0.656. The fraction of sp³-hybridized carbons (Fsp3) is 0.333. The van der Waals surface area contributed by atoms with Crippen molar-refractivity contribution in [2.24, 2.45) is 5.10 Å². The van der Waals surface area contributed by atoms with E-state index >= 15 is 0 Å². The maximum atomic E-state index is 11.4. The van der Waals surface area contributed by atoms with Crippen LogP contribution in [0, 0.1) is 6.92 Å². The van der Waals surface area contributed by atoms with E-state index in [9.17, 15) is 4.79 Å². The van der Waals surface area contributed by atoms with E-state index < -0.39 is 0 Å². The number of aryl methyl sites for hydroxylation is 1. The number of carbonyl (C=O) groups is 1. The highest BCUT2D eigenvalue weighted by molar-refractivity contribution is 5.90. The van der Waals surface area contributed by atoms with Crippen molar-refractivity contribution in [2.45, 2.75) is 13.5 Å². The Morgan fingerprint density at radius 1 is 1.12 bits per heavy atom. The number of piperazine rings is 1. The molecule has 3 rings (SSSR count). The van der Waals surface area contributed by atoms with Gasteiger partial charge in [-0.15, -0.1) is 0 Å². The third kappa shape index (κ3) is 4.92. The number of hydrogen-bond acceptors (Lipinski definition) is 4. The van der Waals surface area contributed by atoms with Crippen LogP contribution in [0.4, 0.5) is 0 Å². The van der Waals surface area contributed by atoms with Gasteiger partial charge in [0.2, 0.25) is 0 Å². The number of nitrogens with zero attached hydrogens (tertiary/aromatic N) is 2. The van der Waals surface area contributed by atoms with Crippen LogP contribution in [0.1, 0.15) is 27.0 Å². The van der Waals surface area contributed by atoms with Crippen LogP contribution in [-0.4, -0.2) is 50.5 Å². The number of rotatable bonds is 5. The Morgan fingerprint density at radius 3 is 2.38 bits per heavy atom. The van der Waals surface area contributed by atoms with Gasteiger partial charge in [-0.1, -0.05) is 42.0 Å². The molecule has 0 spiro atoms. The van der Waals surface area contributed by atoms with Gasteiger partial charge in [-0.3, -0.25) is 5.01 Å². The number of methoxy groups -OCH3 is 1. The molecule has 5 nitrogen and oxygen atoms in total. The zero-order valence-corrected chi connectivity index (χ0v) is 15.4. The molecule has 136 valence electrons. The Kier molecular flexibility index (Phi) is 6.02. The highest BCUT2D eigenvalue weighted by Gasteiger charge is 2.18. The highest BCUT2D eigenvalue weighted by Crippen LogP contribution is 2.05. The third-order valence-corrected chi connectivity index (χ3v) is 4.72. The van der Waals surface area contributed by atoms with Crippen molar-refractivity contribution >= 4 is 12.2 Å². The van der Waals surface area contributed by atoms with Gasteiger partial charge in [-0.05, 0) is 24.6 Å². The lowest BCUT2D eigenvalue weighted by atomic mass is 10.1. The Morgan fingerprint density at radius 2 is 1.77 bits per heavy atom. The third-order valence-electron chi connectivity index (χ3n) is 4.72. The standard InChI is InChI=1S/C21H25N3O2/c1-17-3-5-19(6-4-17)16-23-11-13-24(14-12-23)22-15-18-7-9-20(10-8-18)21(25)26-2/h3-10,15H,11-14,16H2,1-2H3/p+1/b22-15-. The van der Waals surface area contributed by atoms with E-state index in [2.05, 4.69) is 41.3 Å². The lowest BCUT2D eigenvalue weighted by molar-refractivity contribution is -0.918. The number of nitrogens with one attached hydrogen (secondary N) is 1. The van der Waals surface area contributed by atoms with Crippen molar-refractivity contribution < 1.29 is 14.4 Å². The van der Waals surface area contributed by atoms with Gasteiger partial charge in [-0.2, -0.15) is 5.10 Å². The number of carbonyl (C=O) groups excluding carboxylic acids is 1. The first-order valence-corrected chi connectivity index (χ1v) is 9.00. The first kappa shape index (κ1) is 18.1. The summed E-state index contributed by atoms with van der Waals surface area (Å²) in [4.78, 5) is 13.0. The summed E-state index contributed by atoms with van der Waals surface area (Å²) < 4.78 is 4.71. The van der Waals surface area contributed by atoms with Crippen LogP contribution in [-0.2, 0) is 11.3 Å². The Labute approximate surface area is 154 Å². The number of hydrazone groups is 1. The topological polar surface area (TPSA) is 46.3 Å². The number of benzene rings is 2. The number of quaternary nitrogens is 1. The fourth-order valence-corrected chi connectivity index (χ4v) is 3.07. The average molecular weight is 352 g/mol. The van der Waals surface area contributed by atoms with Crippen LogP contribution in [0.25, 0.3) is 0 Å². The molecule has 1 saturated heterocycles. The molecule has 1 fully saturated rings. The Hall–Kier alpha value is -2.66. The molecule has 0 amide bonds. The molecule has 1 aliphatic heterocycles. The SMILES string of the molecule is COC(=O)c1ccc(/C=N\N2CC[NH+](Cc3ccc(C)cc3)CC2)cc1. The van der Waals surface area contributed by atoms with Crippen molar-refractivity contribution in [1.29, 1.82) is 0 Å². The van der Waals surface area contributed by atoms with Gasteiger partial charge in [0.1, 0.15) is 6.54 Å². The van der Waals surface area contributed by atoms with Gasteiger partial charge < -0.3 is 9.64 Å². The van der Waals surface area contributed by atoms with Gasteiger partial charge >= 0.3 is 5.97 Å². The molecule has 0 radical (unpaired) electrons. The van der Waals surface area contributed by atoms with E-state index in [4.69, 9.17) is 4.74 Å². The molecule has 0 atom stereocenters. The average Bonchev–Trinajstić information content (AvgIpc) is 2.69. The second kappa shape index (κ2) is 8.63. The van der Waals surface area contributed by atoms with E-state index in [1.165, 1.54) is 18.2 Å². The van der Waals surface area contributed by atoms with Crippen LogP contribution < -0.4 is 4.90 Å². The smallest absolute Gasteiger partial charge is 0.337 e. The molecule has 2 aromatic carbocycles. The monoisotopic (exact) mass is 352 g/mol. The molecule has 1 heterocycles.